The van der Waals surface area contributed by atoms with Crippen LogP contribution in [-0.4, -0.2) is 56.8 Å². The summed E-state index contributed by atoms with van der Waals surface area (Å²) in [6.45, 7) is 18.3. The molecule has 1 saturated carbocycles. The molecule has 2 aliphatic rings. The third-order valence-corrected chi connectivity index (χ3v) is 9.69. The molecule has 49 heavy (non-hydrogen) atoms. The summed E-state index contributed by atoms with van der Waals surface area (Å²) in [6.07, 6.45) is 24.7. The number of esters is 1. The van der Waals surface area contributed by atoms with Gasteiger partial charge in [-0.25, -0.2) is 0 Å². The lowest BCUT2D eigenvalue weighted by atomic mass is 9.61. The maximum Gasteiger partial charge on any atom is 0.302 e. The van der Waals surface area contributed by atoms with E-state index >= 15 is 0 Å². The molecule has 4 atom stereocenters. The molecule has 0 amide bonds. The Balaban J connectivity index is 2.05. The normalized spacial score (nSPS) is 28.6. The maximum atomic E-state index is 13.0. The van der Waals surface area contributed by atoms with Crippen LogP contribution in [0.5, 0.6) is 0 Å². The minimum atomic E-state index is -1.36. The van der Waals surface area contributed by atoms with Gasteiger partial charge in [0.1, 0.15) is 6.61 Å². The van der Waals surface area contributed by atoms with Crippen molar-refractivity contribution >= 4 is 17.5 Å². The predicted molar refractivity (Wildman–Crippen MR) is 197 cm³/mol. The molecule has 7 nitrogen and oxygen atoms in total. The molecule has 1 unspecified atom stereocenters. The Morgan fingerprint density at radius 2 is 1.43 bits per heavy atom. The minimum Gasteiger partial charge on any atom is -0.461 e. The topological polar surface area (TPSA) is 121 Å². The standard InChI is InChI=1S/C42H58O7/c1-29(17-13-19-31(3)37(46)27-42(48)32(4)23-35(44)25-40(42,8)9)15-11-12-16-30(2)18-14-20-34(28-49-33(5)43)21-22-38-39(6,7)24-36(45)26-41(38,10)47/h11-23,36,38,45,47-48H,24-28H2,1-10H3/b12-11+,17-13+,18-14+,22-21+,29-15+,30-16+,31-19+,34-20-/t36-,38?,41+,42+/m0/s1. The van der Waals surface area contributed by atoms with Crippen molar-refractivity contribution in [3.05, 3.63) is 107 Å². The summed E-state index contributed by atoms with van der Waals surface area (Å²) in [6, 6.07) is 0. The quantitative estimate of drug-likeness (QED) is 0.104. The summed E-state index contributed by atoms with van der Waals surface area (Å²) in [5.41, 5.74) is 0.377. The fourth-order valence-corrected chi connectivity index (χ4v) is 6.84. The van der Waals surface area contributed by atoms with Gasteiger partial charge in [0.2, 0.25) is 0 Å². The summed E-state index contributed by atoms with van der Waals surface area (Å²) in [5, 5.41) is 32.6. The molecule has 3 N–H and O–H groups in total. The van der Waals surface area contributed by atoms with Gasteiger partial charge in [-0.2, -0.15) is 0 Å². The molecule has 0 spiro atoms. The average Bonchev–Trinajstić information content (AvgIpc) is 2.94. The number of carbonyl (C=O) groups excluding carboxylic acids is 3. The number of rotatable bonds is 13. The molecule has 2 rings (SSSR count). The van der Waals surface area contributed by atoms with Crippen molar-refractivity contribution in [1.82, 2.24) is 0 Å². The van der Waals surface area contributed by atoms with E-state index in [1.54, 1.807) is 26.8 Å². The zero-order chi connectivity index (χ0) is 37.2. The number of allylic oxidation sites excluding steroid dienone is 14. The molecule has 0 aromatic heterocycles. The van der Waals surface area contributed by atoms with E-state index in [0.717, 1.165) is 16.7 Å². The molecular weight excluding hydrogens is 616 g/mol. The summed E-state index contributed by atoms with van der Waals surface area (Å²) in [4.78, 5) is 36.4. The minimum absolute atomic E-state index is 0.0320. The van der Waals surface area contributed by atoms with Crippen molar-refractivity contribution in [2.45, 2.75) is 112 Å². The van der Waals surface area contributed by atoms with Gasteiger partial charge in [0.05, 0.1) is 17.3 Å². The number of aliphatic hydroxyl groups excluding tert-OH is 1. The van der Waals surface area contributed by atoms with Gasteiger partial charge >= 0.3 is 5.97 Å². The Hall–Kier alpha value is -3.65. The van der Waals surface area contributed by atoms with E-state index in [1.165, 1.54) is 13.0 Å². The highest BCUT2D eigenvalue weighted by atomic mass is 16.5. The molecule has 0 bridgehead atoms. The summed E-state index contributed by atoms with van der Waals surface area (Å²) in [5.74, 6) is -0.752. The first kappa shape index (κ1) is 41.5. The van der Waals surface area contributed by atoms with Crippen molar-refractivity contribution < 1.29 is 34.4 Å². The molecule has 0 aromatic rings. The van der Waals surface area contributed by atoms with Gasteiger partial charge in [-0.05, 0) is 69.2 Å². The summed E-state index contributed by atoms with van der Waals surface area (Å²) in [7, 11) is 0. The Labute approximate surface area is 293 Å². The molecule has 0 heterocycles. The second-order valence-electron chi connectivity index (χ2n) is 15.4. The van der Waals surface area contributed by atoms with Gasteiger partial charge in [0.15, 0.2) is 11.6 Å². The van der Waals surface area contributed by atoms with Crippen LogP contribution in [0.25, 0.3) is 0 Å². The highest BCUT2D eigenvalue weighted by molar-refractivity contribution is 5.97. The molecule has 2 aliphatic carbocycles. The smallest absolute Gasteiger partial charge is 0.302 e. The van der Waals surface area contributed by atoms with Crippen LogP contribution in [0.2, 0.25) is 0 Å². The number of hydrogen-bond acceptors (Lipinski definition) is 7. The third kappa shape index (κ3) is 12.3. The van der Waals surface area contributed by atoms with Gasteiger partial charge in [0.25, 0.3) is 0 Å². The van der Waals surface area contributed by atoms with Gasteiger partial charge < -0.3 is 20.1 Å². The lowest BCUT2D eigenvalue weighted by molar-refractivity contribution is -0.140. The SMILES string of the molecule is CC(=O)OCC(=C\C=C\C(C)=C\C=C\C=C(C)\C=C\C=C(/C)C(=O)C[C@@]1(O)C(C)=CC(=O)CC1(C)C)/C=C/C1C(C)(C)C[C@H](O)C[C@@]1(C)O. The molecule has 0 aromatic carbocycles. The first-order valence-electron chi connectivity index (χ1n) is 17.0. The van der Waals surface area contributed by atoms with Crippen molar-refractivity contribution in [2.75, 3.05) is 6.61 Å². The van der Waals surface area contributed by atoms with Gasteiger partial charge in [-0.15, -0.1) is 0 Å². The average molecular weight is 675 g/mol. The second kappa shape index (κ2) is 17.3. The van der Waals surface area contributed by atoms with E-state index in [0.29, 0.717) is 24.0 Å². The summed E-state index contributed by atoms with van der Waals surface area (Å²) >= 11 is 0. The molecule has 0 aliphatic heterocycles. The van der Waals surface area contributed by atoms with Crippen molar-refractivity contribution in [2.24, 2.45) is 16.7 Å². The van der Waals surface area contributed by atoms with Crippen LogP contribution in [0.3, 0.4) is 0 Å². The van der Waals surface area contributed by atoms with Crippen LogP contribution in [-0.2, 0) is 19.1 Å². The fourth-order valence-electron chi connectivity index (χ4n) is 6.84. The monoisotopic (exact) mass is 674 g/mol. The van der Waals surface area contributed by atoms with Gasteiger partial charge in [0, 0.05) is 37.5 Å². The largest absolute Gasteiger partial charge is 0.461 e. The molecule has 268 valence electrons. The van der Waals surface area contributed by atoms with E-state index in [1.807, 2.05) is 108 Å². The van der Waals surface area contributed by atoms with Crippen LogP contribution >= 0.6 is 0 Å². The van der Waals surface area contributed by atoms with Crippen LogP contribution in [0.15, 0.2) is 107 Å². The van der Waals surface area contributed by atoms with Gasteiger partial charge in [-0.1, -0.05) is 112 Å². The fraction of sp³-hybridized carbons (Fsp3) is 0.500. The number of aliphatic hydroxyl groups is 3. The van der Waals surface area contributed by atoms with Crippen molar-refractivity contribution in [1.29, 1.82) is 0 Å². The first-order valence-corrected chi connectivity index (χ1v) is 17.0. The molecular formula is C42H58O7. The number of ether oxygens (including phenoxy) is 1. The number of carbonyl (C=O) groups is 3. The Kier molecular flexibility index (Phi) is 14.7. The highest BCUT2D eigenvalue weighted by Gasteiger charge is 2.50. The molecule has 1 fully saturated rings. The zero-order valence-corrected chi connectivity index (χ0v) is 31.2. The number of ketones is 2. The van der Waals surface area contributed by atoms with Crippen LogP contribution in [0.1, 0.15) is 94.9 Å². The van der Waals surface area contributed by atoms with Crippen LogP contribution in [0.4, 0.5) is 0 Å². The number of Topliss-reactive ketones (excluding diaryl/α,β-unsaturated/α-hetero) is 1. The lowest BCUT2D eigenvalue weighted by Gasteiger charge is -2.48. The Morgan fingerprint density at radius 3 is 1.96 bits per heavy atom. The highest BCUT2D eigenvalue weighted by Crippen LogP contribution is 2.47. The van der Waals surface area contributed by atoms with E-state index < -0.39 is 22.7 Å². The van der Waals surface area contributed by atoms with E-state index in [9.17, 15) is 29.7 Å². The summed E-state index contributed by atoms with van der Waals surface area (Å²) < 4.78 is 5.25. The van der Waals surface area contributed by atoms with Crippen molar-refractivity contribution in [3.8, 4) is 0 Å². The zero-order valence-electron chi connectivity index (χ0n) is 31.2. The van der Waals surface area contributed by atoms with Gasteiger partial charge in [-0.3, -0.25) is 14.4 Å². The Bertz CT molecular complexity index is 1500. The third-order valence-electron chi connectivity index (χ3n) is 9.69. The first-order chi connectivity index (χ1) is 22.6. The van der Waals surface area contributed by atoms with Crippen molar-refractivity contribution in [3.63, 3.8) is 0 Å². The Morgan fingerprint density at radius 1 is 0.857 bits per heavy atom. The second-order valence-corrected chi connectivity index (χ2v) is 15.4. The lowest BCUT2D eigenvalue weighted by Crippen LogP contribution is -2.50. The predicted octanol–water partition coefficient (Wildman–Crippen LogP) is 7.72. The molecule has 7 heteroatoms. The maximum absolute atomic E-state index is 13.0. The molecule has 0 radical (unpaired) electrons. The van der Waals surface area contributed by atoms with Crippen LogP contribution in [0, 0.1) is 16.7 Å². The van der Waals surface area contributed by atoms with Crippen LogP contribution < -0.4 is 0 Å². The van der Waals surface area contributed by atoms with E-state index in [-0.39, 0.29) is 48.3 Å². The molecule has 0 saturated heterocycles. The van der Waals surface area contributed by atoms with E-state index in [2.05, 4.69) is 0 Å². The van der Waals surface area contributed by atoms with E-state index in [4.69, 9.17) is 4.74 Å². The number of hydrogen-bond donors (Lipinski definition) is 3.